The van der Waals surface area contributed by atoms with Crippen LogP contribution in [0, 0.1) is 5.41 Å². The number of sulfone groups is 1. The van der Waals surface area contributed by atoms with Gasteiger partial charge in [0.05, 0.1) is 4.90 Å². The van der Waals surface area contributed by atoms with Crippen LogP contribution in [0.15, 0.2) is 77.7 Å². The number of rotatable bonds is 6. The van der Waals surface area contributed by atoms with E-state index >= 15 is 0 Å². The number of hydrogen-bond acceptors (Lipinski definition) is 4. The third-order valence-electron chi connectivity index (χ3n) is 5.70. The topological polar surface area (TPSA) is 108 Å². The molecule has 4 rings (SSSR count). The van der Waals surface area contributed by atoms with Crippen LogP contribution in [0.5, 0.6) is 0 Å². The van der Waals surface area contributed by atoms with Crippen LogP contribution in [0.25, 0.3) is 11.1 Å². The first-order valence-corrected chi connectivity index (χ1v) is 12.5. The highest BCUT2D eigenvalue weighted by atomic mass is 32.2. The second kappa shape index (κ2) is 9.07. The summed E-state index contributed by atoms with van der Waals surface area (Å²) in [4.78, 5) is 17.0. The zero-order valence-corrected chi connectivity index (χ0v) is 19.2. The molecule has 1 saturated heterocycles. The van der Waals surface area contributed by atoms with E-state index in [9.17, 15) is 13.2 Å². The fraction of sp³-hybridized carbons (Fsp3) is 0.200. The van der Waals surface area contributed by atoms with Crippen LogP contribution in [0.4, 0.5) is 10.5 Å². The number of carbonyl (C=O) groups excluding carboxylic acids is 1. The molecule has 1 fully saturated rings. The third-order valence-corrected chi connectivity index (χ3v) is 6.85. The number of nitrogen functional groups attached to an aromatic ring is 1. The first-order chi connectivity index (χ1) is 15.7. The number of nitrogens with two attached hydrogens (primary N) is 1. The van der Waals surface area contributed by atoms with Crippen LogP contribution in [0.2, 0.25) is 0 Å². The third kappa shape index (κ3) is 4.90. The molecule has 170 valence electrons. The maximum atomic E-state index is 13.2. The van der Waals surface area contributed by atoms with Crippen molar-refractivity contribution in [2.75, 3.05) is 24.2 Å². The molecule has 1 aliphatic heterocycles. The van der Waals surface area contributed by atoms with E-state index < -0.39 is 9.84 Å². The van der Waals surface area contributed by atoms with E-state index in [-0.39, 0.29) is 16.8 Å². The molecular formula is C25H26N4O3S. The largest absolute Gasteiger partial charge is 0.384 e. The molecule has 33 heavy (non-hydrogen) atoms. The SMILES string of the molecule is CS(=O)(=O)c1ccccc1-c1ccc(N2CCCN(Cc3cccc(C(=N)N)c3)C2=O)cc1. The normalized spacial score (nSPS) is 14.4. The Morgan fingerprint density at radius 2 is 1.73 bits per heavy atom. The lowest BCUT2D eigenvalue weighted by molar-refractivity contribution is 0.192. The fourth-order valence-corrected chi connectivity index (χ4v) is 4.99. The quantitative estimate of drug-likeness (QED) is 0.428. The monoisotopic (exact) mass is 462 g/mol. The van der Waals surface area contributed by atoms with Gasteiger partial charge in [-0.3, -0.25) is 10.3 Å². The predicted molar refractivity (Wildman–Crippen MR) is 130 cm³/mol. The van der Waals surface area contributed by atoms with E-state index in [0.29, 0.717) is 30.8 Å². The van der Waals surface area contributed by atoms with Gasteiger partial charge >= 0.3 is 6.03 Å². The van der Waals surface area contributed by atoms with Crippen molar-refractivity contribution >= 4 is 27.4 Å². The van der Waals surface area contributed by atoms with Crippen LogP contribution >= 0.6 is 0 Å². The van der Waals surface area contributed by atoms with Gasteiger partial charge in [0.15, 0.2) is 9.84 Å². The van der Waals surface area contributed by atoms with Crippen molar-refractivity contribution in [2.45, 2.75) is 17.9 Å². The number of urea groups is 1. The molecule has 0 aliphatic carbocycles. The Bertz CT molecular complexity index is 1300. The molecule has 2 amide bonds. The van der Waals surface area contributed by atoms with Crippen LogP contribution < -0.4 is 10.6 Å². The van der Waals surface area contributed by atoms with Crippen molar-refractivity contribution in [3.8, 4) is 11.1 Å². The van der Waals surface area contributed by atoms with Gasteiger partial charge in [-0.1, -0.05) is 48.5 Å². The number of nitrogens with zero attached hydrogens (tertiary/aromatic N) is 2. The Labute approximate surface area is 193 Å². The van der Waals surface area contributed by atoms with Gasteiger partial charge in [-0.05, 0) is 41.8 Å². The van der Waals surface area contributed by atoms with Gasteiger partial charge in [0, 0.05) is 42.7 Å². The molecule has 7 nitrogen and oxygen atoms in total. The minimum Gasteiger partial charge on any atom is -0.384 e. The van der Waals surface area contributed by atoms with Crippen LogP contribution in [0.1, 0.15) is 17.5 Å². The van der Waals surface area contributed by atoms with Crippen LogP contribution in [0.3, 0.4) is 0 Å². The van der Waals surface area contributed by atoms with Gasteiger partial charge in [0.25, 0.3) is 0 Å². The second-order valence-electron chi connectivity index (χ2n) is 8.14. The van der Waals surface area contributed by atoms with Crippen molar-refractivity contribution in [1.29, 1.82) is 5.41 Å². The van der Waals surface area contributed by atoms with Crippen LogP contribution in [-0.2, 0) is 16.4 Å². The molecule has 3 N–H and O–H groups in total. The summed E-state index contributed by atoms with van der Waals surface area (Å²) < 4.78 is 24.3. The highest BCUT2D eigenvalue weighted by Gasteiger charge is 2.27. The van der Waals surface area contributed by atoms with Gasteiger partial charge in [0.2, 0.25) is 0 Å². The maximum Gasteiger partial charge on any atom is 0.324 e. The second-order valence-corrected chi connectivity index (χ2v) is 10.1. The number of hydrogen-bond donors (Lipinski definition) is 2. The van der Waals surface area contributed by atoms with E-state index in [2.05, 4.69) is 0 Å². The molecule has 0 unspecified atom stereocenters. The summed E-state index contributed by atoms with van der Waals surface area (Å²) in [7, 11) is -3.36. The molecule has 0 bridgehead atoms. The summed E-state index contributed by atoms with van der Waals surface area (Å²) in [5, 5.41) is 7.62. The molecule has 3 aromatic carbocycles. The first kappa shape index (κ1) is 22.5. The lowest BCUT2D eigenvalue weighted by Gasteiger charge is -2.35. The van der Waals surface area contributed by atoms with Gasteiger partial charge in [-0.25, -0.2) is 13.2 Å². The van der Waals surface area contributed by atoms with Gasteiger partial charge in [0.1, 0.15) is 5.84 Å². The predicted octanol–water partition coefficient (Wildman–Crippen LogP) is 3.87. The van der Waals surface area contributed by atoms with Crippen LogP contribution in [-0.4, -0.2) is 44.5 Å². The minimum atomic E-state index is -3.36. The number of amidine groups is 1. The molecule has 1 aliphatic rings. The van der Waals surface area contributed by atoms with Gasteiger partial charge in [-0.2, -0.15) is 0 Å². The zero-order chi connectivity index (χ0) is 23.6. The van der Waals surface area contributed by atoms with Crippen molar-refractivity contribution in [3.05, 3.63) is 83.9 Å². The zero-order valence-electron chi connectivity index (χ0n) is 18.4. The molecule has 0 aromatic heterocycles. The van der Waals surface area contributed by atoms with Crippen molar-refractivity contribution < 1.29 is 13.2 Å². The lowest BCUT2D eigenvalue weighted by atomic mass is 10.0. The van der Waals surface area contributed by atoms with Gasteiger partial charge in [-0.15, -0.1) is 0 Å². The van der Waals surface area contributed by atoms with Crippen molar-refractivity contribution in [3.63, 3.8) is 0 Å². The lowest BCUT2D eigenvalue weighted by Crippen LogP contribution is -2.49. The molecular weight excluding hydrogens is 436 g/mol. The molecule has 0 saturated carbocycles. The van der Waals surface area contributed by atoms with E-state index in [1.54, 1.807) is 34.1 Å². The summed E-state index contributed by atoms with van der Waals surface area (Å²) in [5.74, 6) is 0.000911. The molecule has 8 heteroatoms. The minimum absolute atomic E-state index is 0.000911. The van der Waals surface area contributed by atoms with Crippen molar-refractivity contribution in [2.24, 2.45) is 5.73 Å². The average molecular weight is 463 g/mol. The standard InChI is InChI=1S/C25H26N4O3S/c1-33(31,32)23-9-3-2-8-22(23)19-10-12-21(13-11-19)29-15-5-14-28(25(29)30)17-18-6-4-7-20(16-18)24(26)27/h2-4,6-13,16H,5,14-15,17H2,1H3,(H3,26,27). The van der Waals surface area contributed by atoms with E-state index in [0.717, 1.165) is 23.2 Å². The molecule has 0 atom stereocenters. The number of benzene rings is 3. The van der Waals surface area contributed by atoms with E-state index in [1.165, 1.54) is 6.26 Å². The maximum absolute atomic E-state index is 13.2. The Balaban J connectivity index is 1.55. The number of nitrogens with one attached hydrogen (secondary N) is 1. The summed E-state index contributed by atoms with van der Waals surface area (Å²) in [5.41, 5.74) is 9.34. The Morgan fingerprint density at radius 1 is 1.00 bits per heavy atom. The highest BCUT2D eigenvalue weighted by Crippen LogP contribution is 2.30. The molecule has 3 aromatic rings. The van der Waals surface area contributed by atoms with Gasteiger partial charge < -0.3 is 10.6 Å². The Morgan fingerprint density at radius 3 is 2.42 bits per heavy atom. The summed E-state index contributed by atoms with van der Waals surface area (Å²) in [6, 6.07) is 21.6. The fourth-order valence-electron chi connectivity index (χ4n) is 4.07. The molecule has 1 heterocycles. The van der Waals surface area contributed by atoms with E-state index in [1.807, 2.05) is 48.5 Å². The molecule has 0 radical (unpaired) electrons. The number of carbonyl (C=O) groups is 1. The summed E-state index contributed by atoms with van der Waals surface area (Å²) >= 11 is 0. The number of anilines is 1. The smallest absolute Gasteiger partial charge is 0.324 e. The van der Waals surface area contributed by atoms with Crippen molar-refractivity contribution in [1.82, 2.24) is 4.90 Å². The molecule has 0 spiro atoms. The number of amides is 2. The highest BCUT2D eigenvalue weighted by molar-refractivity contribution is 7.90. The summed E-state index contributed by atoms with van der Waals surface area (Å²) in [6.45, 7) is 1.71. The Hall–Kier alpha value is -3.65. The summed E-state index contributed by atoms with van der Waals surface area (Å²) in [6.07, 6.45) is 2.03. The van der Waals surface area contributed by atoms with E-state index in [4.69, 9.17) is 11.1 Å². The Kier molecular flexibility index (Phi) is 6.20. The average Bonchev–Trinajstić information content (AvgIpc) is 2.80. The first-order valence-electron chi connectivity index (χ1n) is 10.6.